The second kappa shape index (κ2) is 15.3. The molecule has 2 nitrogen and oxygen atoms in total. The average molecular weight is 849 g/mol. The SMILES string of the molecule is Cc1cccc(C)c1B1c2ccccc2N(c2ccccc2)c2c1c(C(C)C)c1ccc3c4c(c(C(C)C)c5ccc2c1c53)B(c1c(C)cccc1C)c1ccccc1N4c1ccccc1. The maximum atomic E-state index is 2.61. The summed E-state index contributed by atoms with van der Waals surface area (Å²) in [4.78, 5) is 5.21. The van der Waals surface area contributed by atoms with Crippen LogP contribution in [0.1, 0.15) is 72.9 Å². The molecule has 12 rings (SSSR count). The molecular formula is C62H54B2N2. The lowest BCUT2D eigenvalue weighted by Gasteiger charge is -2.42. The smallest absolute Gasteiger partial charge is 0.247 e. The van der Waals surface area contributed by atoms with E-state index in [1.807, 2.05) is 0 Å². The van der Waals surface area contributed by atoms with Crippen molar-refractivity contribution in [3.05, 3.63) is 203 Å². The van der Waals surface area contributed by atoms with Crippen molar-refractivity contribution in [2.45, 2.75) is 67.2 Å². The number of anilines is 6. The van der Waals surface area contributed by atoms with Crippen LogP contribution >= 0.6 is 0 Å². The van der Waals surface area contributed by atoms with Gasteiger partial charge in [-0.3, -0.25) is 0 Å². The average Bonchev–Trinajstić information content (AvgIpc) is 3.32. The standard InChI is InChI=1S/C62H54B2N2/c1-37(2)53-45-33-35-48-56-46(54(38(3)4)60-62(48)66(44-27-13-10-14-28-44)52-32-18-16-30-50(52)64(60)58-41(7)23-20-24-42(58)8)34-36-47(55(45)56)61-59(53)63(57-39(5)21-19-22-40(57)6)49-29-15-17-31-51(49)65(61)43-25-11-9-12-26-43/h9-38H,1-8H3. The highest BCUT2D eigenvalue weighted by atomic mass is 15.2. The third kappa shape index (κ3) is 5.70. The van der Waals surface area contributed by atoms with Crippen molar-refractivity contribution in [1.29, 1.82) is 0 Å². The highest BCUT2D eigenvalue weighted by Crippen LogP contribution is 2.51. The van der Waals surface area contributed by atoms with Crippen molar-refractivity contribution < 1.29 is 0 Å². The molecule has 4 heteroatoms. The first-order chi connectivity index (χ1) is 32.2. The van der Waals surface area contributed by atoms with Gasteiger partial charge in [0.2, 0.25) is 13.4 Å². The lowest BCUT2D eigenvalue weighted by Crippen LogP contribution is -2.60. The van der Waals surface area contributed by atoms with E-state index >= 15 is 0 Å². The van der Waals surface area contributed by atoms with Crippen molar-refractivity contribution in [3.8, 4) is 0 Å². The number of rotatable bonds is 6. The Labute approximate surface area is 391 Å². The zero-order valence-electron chi connectivity index (χ0n) is 39.4. The van der Waals surface area contributed by atoms with Gasteiger partial charge in [-0.1, -0.05) is 194 Å². The van der Waals surface area contributed by atoms with Crippen molar-refractivity contribution in [1.82, 2.24) is 0 Å². The Bertz CT molecular complexity index is 3280. The summed E-state index contributed by atoms with van der Waals surface area (Å²) in [6.45, 7) is 19.0. The molecule has 0 aliphatic carbocycles. The Morgan fingerprint density at radius 1 is 0.333 bits per heavy atom. The molecule has 318 valence electrons. The second-order valence-electron chi connectivity index (χ2n) is 19.7. The second-order valence-corrected chi connectivity index (χ2v) is 19.7. The number of nitrogens with zero attached hydrogens (tertiary/aromatic N) is 2. The molecule has 0 bridgehead atoms. The molecule has 10 aromatic rings. The Morgan fingerprint density at radius 2 is 0.667 bits per heavy atom. The maximum absolute atomic E-state index is 2.61. The summed E-state index contributed by atoms with van der Waals surface area (Å²) in [6.07, 6.45) is 0. The fourth-order valence-corrected chi connectivity index (χ4v) is 12.8. The van der Waals surface area contributed by atoms with E-state index in [0.717, 1.165) is 0 Å². The summed E-state index contributed by atoms with van der Waals surface area (Å²) in [5.41, 5.74) is 24.1. The van der Waals surface area contributed by atoms with Crippen molar-refractivity contribution in [2.24, 2.45) is 0 Å². The molecule has 0 fully saturated rings. The van der Waals surface area contributed by atoms with Gasteiger partial charge < -0.3 is 9.80 Å². The number of para-hydroxylation sites is 4. The van der Waals surface area contributed by atoms with E-state index in [1.54, 1.807) is 0 Å². The fraction of sp³-hybridized carbons (Fsp3) is 0.161. The molecule has 0 unspecified atom stereocenters. The number of aryl methyl sites for hydroxylation is 4. The van der Waals surface area contributed by atoms with E-state index in [0.29, 0.717) is 0 Å². The first-order valence-electron chi connectivity index (χ1n) is 24.0. The minimum atomic E-state index is 0.0545. The van der Waals surface area contributed by atoms with Crippen LogP contribution in [0, 0.1) is 27.7 Å². The maximum Gasteiger partial charge on any atom is 0.247 e. The highest BCUT2D eigenvalue weighted by Gasteiger charge is 2.44. The Kier molecular flexibility index (Phi) is 9.37. The minimum Gasteiger partial charge on any atom is -0.311 e. The molecule has 0 atom stereocenters. The van der Waals surface area contributed by atoms with Crippen LogP contribution in [0.5, 0.6) is 0 Å². The van der Waals surface area contributed by atoms with Crippen LogP contribution in [0.4, 0.5) is 34.1 Å². The summed E-state index contributed by atoms with van der Waals surface area (Å²) < 4.78 is 0. The van der Waals surface area contributed by atoms with Crippen molar-refractivity contribution >= 4 is 113 Å². The van der Waals surface area contributed by atoms with Gasteiger partial charge in [-0.25, -0.2) is 0 Å². The minimum absolute atomic E-state index is 0.0545. The molecule has 2 aliphatic heterocycles. The topological polar surface area (TPSA) is 6.48 Å². The number of benzene rings is 10. The molecule has 0 saturated heterocycles. The van der Waals surface area contributed by atoms with Gasteiger partial charge in [-0.2, -0.15) is 0 Å². The third-order valence-electron chi connectivity index (χ3n) is 15.2. The summed E-state index contributed by atoms with van der Waals surface area (Å²) in [5.74, 6) is 0.496. The zero-order valence-corrected chi connectivity index (χ0v) is 39.4. The summed E-state index contributed by atoms with van der Waals surface area (Å²) in [5, 5.41) is 8.08. The van der Waals surface area contributed by atoms with Gasteiger partial charge in [0.05, 0.1) is 0 Å². The normalized spacial score (nSPS) is 13.3. The van der Waals surface area contributed by atoms with Crippen LogP contribution in [0.2, 0.25) is 0 Å². The number of fused-ring (bicyclic) bond motifs is 6. The van der Waals surface area contributed by atoms with Crippen molar-refractivity contribution in [2.75, 3.05) is 9.80 Å². The molecule has 10 aromatic carbocycles. The van der Waals surface area contributed by atoms with Gasteiger partial charge in [0.15, 0.2) is 0 Å². The van der Waals surface area contributed by atoms with E-state index in [2.05, 4.69) is 235 Å². The Balaban J connectivity index is 1.31. The van der Waals surface area contributed by atoms with Gasteiger partial charge in [-0.15, -0.1) is 0 Å². The van der Waals surface area contributed by atoms with Crippen LogP contribution in [0.3, 0.4) is 0 Å². The van der Waals surface area contributed by atoms with Crippen molar-refractivity contribution in [3.63, 3.8) is 0 Å². The molecular weight excluding hydrogens is 794 g/mol. The Morgan fingerprint density at radius 3 is 1.03 bits per heavy atom. The molecule has 0 N–H and O–H groups in total. The molecule has 0 aromatic heterocycles. The quantitative estimate of drug-likeness (QED) is 0.121. The molecule has 0 spiro atoms. The van der Waals surface area contributed by atoms with Gasteiger partial charge in [0.1, 0.15) is 0 Å². The summed E-state index contributed by atoms with van der Waals surface area (Å²) in [6, 6.07) is 64.4. The molecule has 2 heterocycles. The molecule has 0 radical (unpaired) electrons. The van der Waals surface area contributed by atoms with E-state index in [1.165, 1.54) is 133 Å². The molecule has 2 aliphatic rings. The first kappa shape index (κ1) is 40.5. The first-order valence-corrected chi connectivity index (χ1v) is 24.0. The van der Waals surface area contributed by atoms with Gasteiger partial charge in [-0.05, 0) is 130 Å². The fourth-order valence-electron chi connectivity index (χ4n) is 12.8. The number of hydrogen-bond donors (Lipinski definition) is 0. The van der Waals surface area contributed by atoms with Gasteiger partial charge in [0, 0.05) is 44.9 Å². The monoisotopic (exact) mass is 848 g/mol. The molecule has 66 heavy (non-hydrogen) atoms. The number of hydrogen-bond acceptors (Lipinski definition) is 2. The van der Waals surface area contributed by atoms with Crippen LogP contribution in [-0.2, 0) is 0 Å². The van der Waals surface area contributed by atoms with Crippen LogP contribution in [-0.4, -0.2) is 13.4 Å². The summed E-state index contributed by atoms with van der Waals surface area (Å²) >= 11 is 0. The van der Waals surface area contributed by atoms with Crippen LogP contribution < -0.4 is 42.6 Å². The Hall–Kier alpha value is -7.03. The van der Waals surface area contributed by atoms with Crippen LogP contribution in [0.25, 0.3) is 32.3 Å². The lowest BCUT2D eigenvalue weighted by molar-refractivity contribution is 0.881. The van der Waals surface area contributed by atoms with Gasteiger partial charge in [0.25, 0.3) is 0 Å². The molecule has 0 saturated carbocycles. The predicted molar refractivity (Wildman–Crippen MR) is 289 cm³/mol. The zero-order chi connectivity index (χ0) is 45.1. The molecule has 0 amide bonds. The summed E-state index contributed by atoms with van der Waals surface area (Å²) in [7, 11) is 0. The van der Waals surface area contributed by atoms with Gasteiger partial charge >= 0.3 is 0 Å². The van der Waals surface area contributed by atoms with E-state index < -0.39 is 0 Å². The third-order valence-corrected chi connectivity index (χ3v) is 15.2. The van der Waals surface area contributed by atoms with Crippen LogP contribution in [0.15, 0.2) is 170 Å². The predicted octanol–water partition coefficient (Wildman–Crippen LogP) is 12.7. The van der Waals surface area contributed by atoms with E-state index in [9.17, 15) is 0 Å². The van der Waals surface area contributed by atoms with E-state index in [-0.39, 0.29) is 25.3 Å². The van der Waals surface area contributed by atoms with E-state index in [4.69, 9.17) is 0 Å². The lowest BCUT2D eigenvalue weighted by atomic mass is 9.32. The largest absolute Gasteiger partial charge is 0.311 e. The highest BCUT2D eigenvalue weighted by molar-refractivity contribution is 7.00.